The van der Waals surface area contributed by atoms with E-state index in [1.807, 2.05) is 13.8 Å². The standard InChI is InChI=1S/C11H17N3O3/c1-7(2)14(6-10(15)16)5-9-12-11(17-13-9)8-3-4-8/h7-8H,3-6H2,1-2H3,(H,15,16). The van der Waals surface area contributed by atoms with Crippen LogP contribution in [0.15, 0.2) is 4.52 Å². The first-order chi connectivity index (χ1) is 8.06. The molecule has 6 heteroatoms. The van der Waals surface area contributed by atoms with Crippen LogP contribution in [0.1, 0.15) is 44.3 Å². The molecule has 1 fully saturated rings. The lowest BCUT2D eigenvalue weighted by Gasteiger charge is -2.22. The predicted octanol–water partition coefficient (Wildman–Crippen LogP) is 1.24. The Morgan fingerprint density at radius 2 is 2.29 bits per heavy atom. The van der Waals surface area contributed by atoms with Crippen molar-refractivity contribution in [3.63, 3.8) is 0 Å². The summed E-state index contributed by atoms with van der Waals surface area (Å²) in [6.07, 6.45) is 2.23. The molecular weight excluding hydrogens is 222 g/mol. The highest BCUT2D eigenvalue weighted by atomic mass is 16.5. The SMILES string of the molecule is CC(C)N(CC(=O)O)Cc1noc(C2CC2)n1. The van der Waals surface area contributed by atoms with Gasteiger partial charge in [-0.3, -0.25) is 9.69 Å². The van der Waals surface area contributed by atoms with E-state index in [4.69, 9.17) is 9.63 Å². The van der Waals surface area contributed by atoms with Crippen LogP contribution < -0.4 is 0 Å². The number of aromatic nitrogens is 2. The number of aliphatic carboxylic acids is 1. The molecule has 17 heavy (non-hydrogen) atoms. The van der Waals surface area contributed by atoms with E-state index < -0.39 is 5.97 Å². The Bertz CT molecular complexity index is 398. The first-order valence-electron chi connectivity index (χ1n) is 5.84. The van der Waals surface area contributed by atoms with Gasteiger partial charge in [-0.15, -0.1) is 0 Å². The Kier molecular flexibility index (Phi) is 3.42. The van der Waals surface area contributed by atoms with E-state index in [9.17, 15) is 4.79 Å². The lowest BCUT2D eigenvalue weighted by Crippen LogP contribution is -2.35. The largest absolute Gasteiger partial charge is 0.480 e. The molecule has 0 bridgehead atoms. The Morgan fingerprint density at radius 3 is 2.82 bits per heavy atom. The zero-order chi connectivity index (χ0) is 12.4. The minimum atomic E-state index is -0.843. The first-order valence-corrected chi connectivity index (χ1v) is 5.84. The van der Waals surface area contributed by atoms with E-state index >= 15 is 0 Å². The normalized spacial score (nSPS) is 15.8. The monoisotopic (exact) mass is 239 g/mol. The predicted molar refractivity (Wildman–Crippen MR) is 59.5 cm³/mol. The van der Waals surface area contributed by atoms with Crippen LogP contribution in [0.25, 0.3) is 0 Å². The van der Waals surface area contributed by atoms with Crippen molar-refractivity contribution in [2.24, 2.45) is 0 Å². The average molecular weight is 239 g/mol. The van der Waals surface area contributed by atoms with Crippen LogP contribution in [-0.2, 0) is 11.3 Å². The fraction of sp³-hybridized carbons (Fsp3) is 0.727. The van der Waals surface area contributed by atoms with Crippen LogP contribution in [0, 0.1) is 0 Å². The Morgan fingerprint density at radius 1 is 1.59 bits per heavy atom. The van der Waals surface area contributed by atoms with E-state index in [-0.39, 0.29) is 12.6 Å². The molecule has 0 atom stereocenters. The van der Waals surface area contributed by atoms with Crippen molar-refractivity contribution in [3.8, 4) is 0 Å². The third kappa shape index (κ3) is 3.26. The molecule has 0 radical (unpaired) electrons. The Hall–Kier alpha value is -1.43. The fourth-order valence-electron chi connectivity index (χ4n) is 1.60. The van der Waals surface area contributed by atoms with Gasteiger partial charge >= 0.3 is 5.97 Å². The molecule has 94 valence electrons. The molecule has 0 spiro atoms. The summed E-state index contributed by atoms with van der Waals surface area (Å²) >= 11 is 0. The summed E-state index contributed by atoms with van der Waals surface area (Å²) in [5.74, 6) is 0.855. The van der Waals surface area contributed by atoms with E-state index in [0.717, 1.165) is 12.8 Å². The van der Waals surface area contributed by atoms with Crippen molar-refractivity contribution in [1.82, 2.24) is 15.0 Å². The van der Waals surface area contributed by atoms with Crippen molar-refractivity contribution in [2.45, 2.75) is 45.2 Å². The van der Waals surface area contributed by atoms with Gasteiger partial charge in [-0.2, -0.15) is 4.98 Å². The molecule has 1 aromatic rings. The molecule has 0 amide bonds. The van der Waals surface area contributed by atoms with Crippen molar-refractivity contribution < 1.29 is 14.4 Å². The van der Waals surface area contributed by atoms with Gasteiger partial charge < -0.3 is 9.63 Å². The van der Waals surface area contributed by atoms with Crippen molar-refractivity contribution in [1.29, 1.82) is 0 Å². The van der Waals surface area contributed by atoms with Gasteiger partial charge in [-0.25, -0.2) is 0 Å². The van der Waals surface area contributed by atoms with Gasteiger partial charge in [0.25, 0.3) is 0 Å². The van der Waals surface area contributed by atoms with Crippen LogP contribution >= 0.6 is 0 Å². The van der Waals surface area contributed by atoms with Gasteiger partial charge in [0, 0.05) is 12.0 Å². The topological polar surface area (TPSA) is 79.5 Å². The van der Waals surface area contributed by atoms with Gasteiger partial charge in [-0.05, 0) is 26.7 Å². The van der Waals surface area contributed by atoms with Crippen LogP contribution in [0.5, 0.6) is 0 Å². The summed E-state index contributed by atoms with van der Waals surface area (Å²) in [5.41, 5.74) is 0. The second kappa shape index (κ2) is 4.83. The Balaban J connectivity index is 1.97. The molecule has 0 saturated heterocycles. The molecule has 1 saturated carbocycles. The molecule has 1 aliphatic carbocycles. The number of carbonyl (C=O) groups is 1. The van der Waals surface area contributed by atoms with Crippen molar-refractivity contribution >= 4 is 5.97 Å². The van der Waals surface area contributed by atoms with Gasteiger partial charge in [0.15, 0.2) is 5.82 Å². The third-order valence-electron chi connectivity index (χ3n) is 2.82. The molecule has 2 rings (SSSR count). The summed E-state index contributed by atoms with van der Waals surface area (Å²) in [6, 6.07) is 0.133. The molecule has 0 aromatic carbocycles. The van der Waals surface area contributed by atoms with Crippen LogP contribution in [0.4, 0.5) is 0 Å². The maximum Gasteiger partial charge on any atom is 0.317 e. The van der Waals surface area contributed by atoms with Gasteiger partial charge in [0.1, 0.15) is 0 Å². The second-order valence-electron chi connectivity index (χ2n) is 4.72. The summed E-state index contributed by atoms with van der Waals surface area (Å²) in [5, 5.41) is 12.7. The minimum Gasteiger partial charge on any atom is -0.480 e. The van der Waals surface area contributed by atoms with E-state index in [2.05, 4.69) is 10.1 Å². The molecule has 1 aromatic heterocycles. The zero-order valence-corrected chi connectivity index (χ0v) is 10.1. The van der Waals surface area contributed by atoms with Crippen LogP contribution in [0.2, 0.25) is 0 Å². The molecule has 1 N–H and O–H groups in total. The summed E-state index contributed by atoms with van der Waals surface area (Å²) in [6.45, 7) is 4.31. The molecule has 0 unspecified atom stereocenters. The van der Waals surface area contributed by atoms with Crippen LogP contribution in [-0.4, -0.2) is 38.7 Å². The van der Waals surface area contributed by atoms with E-state index in [1.165, 1.54) is 0 Å². The first kappa shape index (κ1) is 12.0. The number of rotatable bonds is 6. The maximum atomic E-state index is 10.7. The Labute approximate surface area is 99.6 Å². The van der Waals surface area contributed by atoms with Crippen LogP contribution in [0.3, 0.4) is 0 Å². The highest BCUT2D eigenvalue weighted by molar-refractivity contribution is 5.69. The summed E-state index contributed by atoms with van der Waals surface area (Å²) in [7, 11) is 0. The summed E-state index contributed by atoms with van der Waals surface area (Å²) < 4.78 is 5.14. The smallest absolute Gasteiger partial charge is 0.317 e. The quantitative estimate of drug-likeness (QED) is 0.804. The number of carboxylic acids is 1. The lowest BCUT2D eigenvalue weighted by molar-refractivity contribution is -0.139. The van der Waals surface area contributed by atoms with Gasteiger partial charge in [0.2, 0.25) is 5.89 Å². The molecule has 6 nitrogen and oxygen atoms in total. The zero-order valence-electron chi connectivity index (χ0n) is 10.1. The number of nitrogens with zero attached hydrogens (tertiary/aromatic N) is 3. The highest BCUT2D eigenvalue weighted by Gasteiger charge is 2.30. The number of hydrogen-bond acceptors (Lipinski definition) is 5. The summed E-state index contributed by atoms with van der Waals surface area (Å²) in [4.78, 5) is 16.8. The van der Waals surface area contributed by atoms with E-state index in [1.54, 1.807) is 4.90 Å². The minimum absolute atomic E-state index is 0.00896. The lowest BCUT2D eigenvalue weighted by atomic mass is 10.3. The number of hydrogen-bond donors (Lipinski definition) is 1. The number of carboxylic acid groups (broad SMARTS) is 1. The third-order valence-corrected chi connectivity index (χ3v) is 2.82. The molecule has 0 aliphatic heterocycles. The highest BCUT2D eigenvalue weighted by Crippen LogP contribution is 2.38. The second-order valence-corrected chi connectivity index (χ2v) is 4.72. The van der Waals surface area contributed by atoms with Crippen molar-refractivity contribution in [3.05, 3.63) is 11.7 Å². The molecular formula is C11H17N3O3. The van der Waals surface area contributed by atoms with E-state index in [0.29, 0.717) is 24.2 Å². The average Bonchev–Trinajstić information content (AvgIpc) is 2.98. The van der Waals surface area contributed by atoms with Gasteiger partial charge in [-0.1, -0.05) is 5.16 Å². The fourth-order valence-corrected chi connectivity index (χ4v) is 1.60. The van der Waals surface area contributed by atoms with Gasteiger partial charge in [0.05, 0.1) is 13.1 Å². The molecule has 1 heterocycles. The molecule has 1 aliphatic rings. The van der Waals surface area contributed by atoms with Crippen molar-refractivity contribution in [2.75, 3.05) is 6.54 Å². The maximum absolute atomic E-state index is 10.7.